The molecule has 1 radical (unpaired) electrons. The molecule has 0 bridgehead atoms. The van der Waals surface area contributed by atoms with Gasteiger partial charge in [0.1, 0.15) is 0 Å². The monoisotopic (exact) mass is 451 g/mol. The Balaban J connectivity index is 1.51. The average molecular weight is 452 g/mol. The van der Waals surface area contributed by atoms with E-state index in [1.807, 2.05) is 24.3 Å². The molecule has 1 fully saturated rings. The molecule has 0 saturated carbocycles. The molecule has 0 N–H and O–H groups in total. The van der Waals surface area contributed by atoms with E-state index in [0.29, 0.717) is 11.1 Å². The Hall–Kier alpha value is -1.82. The standard InChI is InChI=1S/C25H31F4OSi/c1-2-3-4-5-18-10-13-31(14-11-18)15-12-19-6-8-20(9-7-19)21-16-22(26)24(23(27)17-21)30-25(28)29/h6-9,16-18,25H,2-5,10-15H2,1H3. The fourth-order valence-corrected chi connectivity index (χ4v) is 7.45. The summed E-state index contributed by atoms with van der Waals surface area (Å²) in [6, 6.07) is 13.8. The summed E-state index contributed by atoms with van der Waals surface area (Å²) >= 11 is 0. The number of ether oxygens (including phenoxy) is 1. The molecule has 1 heterocycles. The normalized spacial score (nSPS) is 15.5. The van der Waals surface area contributed by atoms with Gasteiger partial charge in [-0.25, -0.2) is 8.78 Å². The number of unbranched alkanes of at least 4 members (excludes halogenated alkanes) is 2. The summed E-state index contributed by atoms with van der Waals surface area (Å²) in [7, 11) is -0.270. The average Bonchev–Trinajstić information content (AvgIpc) is 2.76. The SMILES string of the molecule is CCCCCC1CC[Si](CCc2ccc(-c3cc(F)c(OC(F)F)c(F)c3)cc2)CC1. The first-order valence-corrected chi connectivity index (χ1v) is 13.4. The van der Waals surface area contributed by atoms with Crippen LogP contribution in [0, 0.1) is 17.6 Å². The molecule has 0 amide bonds. The highest BCUT2D eigenvalue weighted by molar-refractivity contribution is 6.59. The summed E-state index contributed by atoms with van der Waals surface area (Å²) in [4.78, 5) is 0. The van der Waals surface area contributed by atoms with Gasteiger partial charge in [0.2, 0.25) is 0 Å². The van der Waals surface area contributed by atoms with E-state index in [0.717, 1.165) is 24.5 Å². The summed E-state index contributed by atoms with van der Waals surface area (Å²) < 4.78 is 56.5. The zero-order chi connectivity index (χ0) is 22.2. The van der Waals surface area contributed by atoms with Gasteiger partial charge in [-0.1, -0.05) is 87.8 Å². The first-order valence-electron chi connectivity index (χ1n) is 11.3. The minimum absolute atomic E-state index is 0.270. The van der Waals surface area contributed by atoms with Crippen molar-refractivity contribution in [3.05, 3.63) is 53.6 Å². The minimum Gasteiger partial charge on any atom is -0.429 e. The van der Waals surface area contributed by atoms with Crippen LogP contribution in [0.2, 0.25) is 18.1 Å². The summed E-state index contributed by atoms with van der Waals surface area (Å²) in [6.07, 6.45) is 9.28. The first-order chi connectivity index (χ1) is 15.0. The molecule has 2 aromatic carbocycles. The second kappa shape index (κ2) is 11.7. The first kappa shape index (κ1) is 23.8. The smallest absolute Gasteiger partial charge is 0.387 e. The van der Waals surface area contributed by atoms with E-state index < -0.39 is 24.0 Å². The fraction of sp³-hybridized carbons (Fsp3) is 0.520. The van der Waals surface area contributed by atoms with Crippen LogP contribution in [0.25, 0.3) is 11.1 Å². The van der Waals surface area contributed by atoms with Crippen molar-refractivity contribution in [2.24, 2.45) is 5.92 Å². The van der Waals surface area contributed by atoms with Crippen molar-refractivity contribution in [1.29, 1.82) is 0 Å². The van der Waals surface area contributed by atoms with Crippen LogP contribution in [-0.4, -0.2) is 15.4 Å². The number of alkyl halides is 2. The molecule has 1 aliphatic rings. The number of halogens is 4. The summed E-state index contributed by atoms with van der Waals surface area (Å²) in [5.74, 6) is -2.36. The maximum absolute atomic E-state index is 14.0. The maximum Gasteiger partial charge on any atom is 0.387 e. The zero-order valence-electron chi connectivity index (χ0n) is 18.1. The van der Waals surface area contributed by atoms with Crippen molar-refractivity contribution in [3.63, 3.8) is 0 Å². The Morgan fingerprint density at radius 1 is 0.968 bits per heavy atom. The Bertz CT molecular complexity index is 794. The van der Waals surface area contributed by atoms with Gasteiger partial charge >= 0.3 is 6.61 Å². The molecule has 1 saturated heterocycles. The molecular weight excluding hydrogens is 420 g/mol. The lowest BCUT2D eigenvalue weighted by Crippen LogP contribution is -2.21. The van der Waals surface area contributed by atoms with E-state index in [4.69, 9.17) is 0 Å². The largest absolute Gasteiger partial charge is 0.429 e. The third-order valence-electron chi connectivity index (χ3n) is 6.29. The molecule has 2 aromatic rings. The lowest BCUT2D eigenvalue weighted by Gasteiger charge is -2.27. The molecule has 1 aliphatic heterocycles. The third-order valence-corrected chi connectivity index (χ3v) is 9.24. The van der Waals surface area contributed by atoms with Gasteiger partial charge in [-0.15, -0.1) is 0 Å². The van der Waals surface area contributed by atoms with E-state index >= 15 is 0 Å². The van der Waals surface area contributed by atoms with Crippen LogP contribution in [0.4, 0.5) is 17.6 Å². The van der Waals surface area contributed by atoms with Gasteiger partial charge in [-0.3, -0.25) is 0 Å². The topological polar surface area (TPSA) is 9.23 Å². The molecule has 6 heteroatoms. The summed E-state index contributed by atoms with van der Waals surface area (Å²) in [5.41, 5.74) is 2.17. The van der Waals surface area contributed by atoms with Crippen molar-refractivity contribution in [2.45, 2.75) is 76.6 Å². The van der Waals surface area contributed by atoms with Crippen LogP contribution in [-0.2, 0) is 6.42 Å². The van der Waals surface area contributed by atoms with Gasteiger partial charge in [-0.2, -0.15) is 8.78 Å². The Morgan fingerprint density at radius 2 is 1.61 bits per heavy atom. The second-order valence-electron chi connectivity index (χ2n) is 8.53. The Labute approximate surface area is 184 Å². The van der Waals surface area contributed by atoms with E-state index in [1.54, 1.807) is 0 Å². The molecular formula is C25H31F4OSi. The molecule has 169 valence electrons. The van der Waals surface area contributed by atoms with Crippen LogP contribution in [0.3, 0.4) is 0 Å². The van der Waals surface area contributed by atoms with Crippen molar-refractivity contribution in [3.8, 4) is 16.9 Å². The third kappa shape index (κ3) is 7.09. The molecule has 3 rings (SSSR count). The zero-order valence-corrected chi connectivity index (χ0v) is 19.1. The lowest BCUT2D eigenvalue weighted by atomic mass is 9.96. The highest BCUT2D eigenvalue weighted by Gasteiger charge is 2.22. The highest BCUT2D eigenvalue weighted by atomic mass is 28.3. The molecule has 0 atom stereocenters. The van der Waals surface area contributed by atoms with Gasteiger partial charge < -0.3 is 4.74 Å². The maximum atomic E-state index is 14.0. The van der Waals surface area contributed by atoms with Crippen LogP contribution in [0.5, 0.6) is 5.75 Å². The van der Waals surface area contributed by atoms with Gasteiger partial charge in [0, 0.05) is 8.80 Å². The molecule has 0 unspecified atom stereocenters. The van der Waals surface area contributed by atoms with E-state index in [2.05, 4.69) is 11.7 Å². The van der Waals surface area contributed by atoms with E-state index in [1.165, 1.54) is 62.2 Å². The Morgan fingerprint density at radius 3 is 2.19 bits per heavy atom. The van der Waals surface area contributed by atoms with Crippen molar-refractivity contribution >= 4 is 8.80 Å². The minimum atomic E-state index is -3.27. The van der Waals surface area contributed by atoms with Crippen molar-refractivity contribution in [1.82, 2.24) is 0 Å². The van der Waals surface area contributed by atoms with E-state index in [9.17, 15) is 17.6 Å². The van der Waals surface area contributed by atoms with Gasteiger partial charge in [-0.05, 0) is 41.2 Å². The van der Waals surface area contributed by atoms with Crippen LogP contribution >= 0.6 is 0 Å². The number of benzene rings is 2. The van der Waals surface area contributed by atoms with Crippen molar-refractivity contribution < 1.29 is 22.3 Å². The van der Waals surface area contributed by atoms with E-state index in [-0.39, 0.29) is 8.80 Å². The van der Waals surface area contributed by atoms with Gasteiger partial charge in [0.15, 0.2) is 17.4 Å². The van der Waals surface area contributed by atoms with Crippen molar-refractivity contribution in [2.75, 3.05) is 0 Å². The quantitative estimate of drug-likeness (QED) is 0.201. The second-order valence-corrected chi connectivity index (χ2v) is 11.5. The molecule has 1 nitrogen and oxygen atoms in total. The lowest BCUT2D eigenvalue weighted by molar-refractivity contribution is -0.0546. The number of aryl methyl sites for hydroxylation is 1. The van der Waals surface area contributed by atoms with Gasteiger partial charge in [0.25, 0.3) is 0 Å². The summed E-state index contributed by atoms with van der Waals surface area (Å²) in [6.45, 7) is -1.01. The number of hydrogen-bond donors (Lipinski definition) is 0. The van der Waals surface area contributed by atoms with Gasteiger partial charge in [0.05, 0.1) is 0 Å². The number of rotatable bonds is 10. The fourth-order valence-electron chi connectivity index (χ4n) is 4.42. The van der Waals surface area contributed by atoms with Crippen LogP contribution in [0.1, 0.15) is 51.0 Å². The highest BCUT2D eigenvalue weighted by Crippen LogP contribution is 2.32. The molecule has 0 spiro atoms. The molecule has 31 heavy (non-hydrogen) atoms. The molecule has 0 aromatic heterocycles. The molecule has 0 aliphatic carbocycles. The Kier molecular flexibility index (Phi) is 8.99. The predicted molar refractivity (Wildman–Crippen MR) is 119 cm³/mol. The number of hydrogen-bond acceptors (Lipinski definition) is 1. The van der Waals surface area contributed by atoms with Crippen LogP contribution < -0.4 is 4.74 Å². The summed E-state index contributed by atoms with van der Waals surface area (Å²) in [5, 5.41) is 0. The van der Waals surface area contributed by atoms with Crippen LogP contribution in [0.15, 0.2) is 36.4 Å². The predicted octanol–water partition coefficient (Wildman–Crippen LogP) is 8.26.